The second-order valence-corrected chi connectivity index (χ2v) is 14.6. The van der Waals surface area contributed by atoms with Crippen LogP contribution in [0.25, 0.3) is 0 Å². The van der Waals surface area contributed by atoms with Gasteiger partial charge in [0.15, 0.2) is 0 Å². The molecule has 2 rings (SSSR count). The fourth-order valence-electron chi connectivity index (χ4n) is 5.79. The number of hydrogen-bond acceptors (Lipinski definition) is 2. The van der Waals surface area contributed by atoms with Gasteiger partial charge in [-0.2, -0.15) is 0 Å². The maximum atomic E-state index is 5.64. The van der Waals surface area contributed by atoms with E-state index in [1.165, 1.54) is 31.7 Å². The normalized spacial score (nSPS) is 35.7. The van der Waals surface area contributed by atoms with Crippen molar-refractivity contribution in [3.63, 3.8) is 0 Å². The molecular weight excluding hydrogens is 276 g/mol. The zero-order valence-corrected chi connectivity index (χ0v) is 16.1. The van der Waals surface area contributed by atoms with Crippen LogP contribution in [0.4, 0.5) is 0 Å². The molecular formula is C18H36O2Si. The standard InChI is InChI=1S/C18H36O2Si/c1-14-10-18(12-19-2,13-20-3)16-9-7-8-15(17(14)16)11-21(4,5)6/h14-17H,7-13H2,1-6H3/t14-,15+,16?,17-/m1/s1. The Labute approximate surface area is 133 Å². The highest BCUT2D eigenvalue weighted by Gasteiger charge is 2.55. The molecule has 2 saturated carbocycles. The average molecular weight is 313 g/mol. The molecule has 1 unspecified atom stereocenters. The first-order chi connectivity index (χ1) is 9.83. The highest BCUT2D eigenvalue weighted by molar-refractivity contribution is 6.76. The first kappa shape index (κ1) is 17.5. The predicted molar refractivity (Wildman–Crippen MR) is 92.4 cm³/mol. The van der Waals surface area contributed by atoms with E-state index in [2.05, 4.69) is 26.6 Å². The number of fused-ring (bicyclic) bond motifs is 1. The Kier molecular flexibility index (Phi) is 5.59. The largest absolute Gasteiger partial charge is 0.384 e. The van der Waals surface area contributed by atoms with Gasteiger partial charge < -0.3 is 9.47 Å². The maximum absolute atomic E-state index is 5.64. The molecule has 0 radical (unpaired) electrons. The van der Waals surface area contributed by atoms with Crippen LogP contribution < -0.4 is 0 Å². The van der Waals surface area contributed by atoms with Crippen LogP contribution in [0.3, 0.4) is 0 Å². The lowest BCUT2D eigenvalue weighted by Crippen LogP contribution is -2.41. The van der Waals surface area contributed by atoms with Gasteiger partial charge in [-0.15, -0.1) is 0 Å². The van der Waals surface area contributed by atoms with Crippen LogP contribution in [-0.2, 0) is 9.47 Å². The topological polar surface area (TPSA) is 18.5 Å². The molecule has 0 aliphatic heterocycles. The highest BCUT2D eigenvalue weighted by Crippen LogP contribution is 2.59. The minimum atomic E-state index is -0.980. The molecule has 0 aromatic heterocycles. The SMILES string of the molecule is COCC1(COC)C[C@@H](C)[C@H]2C1CCC[C@H]2C[Si](C)(C)C. The van der Waals surface area contributed by atoms with Crippen LogP contribution in [0, 0.1) is 29.1 Å². The van der Waals surface area contributed by atoms with E-state index in [0.717, 1.165) is 36.9 Å². The molecule has 2 aliphatic rings. The van der Waals surface area contributed by atoms with Gasteiger partial charge in [0.1, 0.15) is 0 Å². The molecule has 0 heterocycles. The fraction of sp³-hybridized carbons (Fsp3) is 1.00. The second-order valence-electron chi connectivity index (χ2n) is 9.05. The first-order valence-corrected chi connectivity index (χ1v) is 12.5. The molecule has 0 aromatic carbocycles. The molecule has 0 aromatic rings. The van der Waals surface area contributed by atoms with E-state index < -0.39 is 8.07 Å². The minimum Gasteiger partial charge on any atom is -0.384 e. The zero-order chi connectivity index (χ0) is 15.7. The van der Waals surface area contributed by atoms with E-state index in [1.807, 2.05) is 14.2 Å². The summed E-state index contributed by atoms with van der Waals surface area (Å²) in [5.41, 5.74) is 0.283. The number of ether oxygens (including phenoxy) is 2. The summed E-state index contributed by atoms with van der Waals surface area (Å²) in [5.74, 6) is 3.53. The summed E-state index contributed by atoms with van der Waals surface area (Å²) in [4.78, 5) is 0. The predicted octanol–water partition coefficient (Wildman–Crippen LogP) is 4.68. The Morgan fingerprint density at radius 1 is 1.05 bits per heavy atom. The summed E-state index contributed by atoms with van der Waals surface area (Å²) >= 11 is 0. The lowest BCUT2D eigenvalue weighted by atomic mass is 9.66. The Hall–Kier alpha value is 0.137. The van der Waals surface area contributed by atoms with Gasteiger partial charge in [0.25, 0.3) is 0 Å². The van der Waals surface area contributed by atoms with Crippen molar-refractivity contribution in [2.24, 2.45) is 29.1 Å². The van der Waals surface area contributed by atoms with Gasteiger partial charge in [-0.25, -0.2) is 0 Å². The lowest BCUT2D eigenvalue weighted by molar-refractivity contribution is -0.0361. The lowest BCUT2D eigenvalue weighted by Gasteiger charge is -2.44. The molecule has 2 nitrogen and oxygen atoms in total. The van der Waals surface area contributed by atoms with Gasteiger partial charge in [0.2, 0.25) is 0 Å². The van der Waals surface area contributed by atoms with E-state index in [1.54, 1.807) is 0 Å². The molecule has 2 fully saturated rings. The van der Waals surface area contributed by atoms with Crippen LogP contribution in [-0.4, -0.2) is 35.5 Å². The fourth-order valence-corrected chi connectivity index (χ4v) is 7.84. The van der Waals surface area contributed by atoms with Crippen molar-refractivity contribution >= 4 is 8.07 Å². The molecule has 0 saturated heterocycles. The van der Waals surface area contributed by atoms with Crippen LogP contribution in [0.1, 0.15) is 32.6 Å². The monoisotopic (exact) mass is 312 g/mol. The molecule has 4 atom stereocenters. The number of hydrogen-bond donors (Lipinski definition) is 0. The number of rotatable bonds is 6. The summed E-state index contributed by atoms with van der Waals surface area (Å²) in [6.45, 7) is 11.9. The van der Waals surface area contributed by atoms with Gasteiger partial charge in [0, 0.05) is 27.7 Å². The van der Waals surface area contributed by atoms with E-state index in [4.69, 9.17) is 9.47 Å². The smallest absolute Gasteiger partial charge is 0.0543 e. The third-order valence-electron chi connectivity index (χ3n) is 6.01. The molecule has 0 N–H and O–H groups in total. The van der Waals surface area contributed by atoms with Crippen LogP contribution in [0.15, 0.2) is 0 Å². The van der Waals surface area contributed by atoms with Crippen molar-refractivity contribution in [2.45, 2.75) is 58.3 Å². The molecule has 2 aliphatic carbocycles. The van der Waals surface area contributed by atoms with Gasteiger partial charge in [-0.1, -0.05) is 45.5 Å². The Bertz CT molecular complexity index is 331. The molecule has 0 amide bonds. The maximum Gasteiger partial charge on any atom is 0.0543 e. The van der Waals surface area contributed by atoms with Crippen LogP contribution >= 0.6 is 0 Å². The quantitative estimate of drug-likeness (QED) is 0.663. The molecule has 21 heavy (non-hydrogen) atoms. The molecule has 0 spiro atoms. The minimum absolute atomic E-state index is 0.283. The average Bonchev–Trinajstić information content (AvgIpc) is 2.63. The van der Waals surface area contributed by atoms with E-state index in [9.17, 15) is 0 Å². The van der Waals surface area contributed by atoms with Gasteiger partial charge >= 0.3 is 0 Å². The zero-order valence-electron chi connectivity index (χ0n) is 15.1. The second kappa shape index (κ2) is 6.72. The first-order valence-electron chi connectivity index (χ1n) is 8.81. The van der Waals surface area contributed by atoms with E-state index in [0.29, 0.717) is 0 Å². The van der Waals surface area contributed by atoms with Crippen LogP contribution in [0.2, 0.25) is 25.7 Å². The third-order valence-corrected chi connectivity index (χ3v) is 7.76. The van der Waals surface area contributed by atoms with Crippen molar-refractivity contribution in [3.05, 3.63) is 0 Å². The Balaban J connectivity index is 2.21. The van der Waals surface area contributed by atoms with Crippen molar-refractivity contribution in [2.75, 3.05) is 27.4 Å². The van der Waals surface area contributed by atoms with Crippen molar-refractivity contribution in [1.29, 1.82) is 0 Å². The van der Waals surface area contributed by atoms with E-state index in [-0.39, 0.29) is 5.41 Å². The van der Waals surface area contributed by atoms with E-state index >= 15 is 0 Å². The van der Waals surface area contributed by atoms with Gasteiger partial charge in [-0.3, -0.25) is 0 Å². The van der Waals surface area contributed by atoms with Crippen molar-refractivity contribution in [1.82, 2.24) is 0 Å². The summed E-state index contributed by atoms with van der Waals surface area (Å²) in [6.07, 6.45) is 5.57. The van der Waals surface area contributed by atoms with Crippen molar-refractivity contribution in [3.8, 4) is 0 Å². The molecule has 124 valence electrons. The number of methoxy groups -OCH3 is 2. The summed E-state index contributed by atoms with van der Waals surface area (Å²) in [6, 6.07) is 1.51. The molecule has 3 heteroatoms. The molecule has 0 bridgehead atoms. The highest BCUT2D eigenvalue weighted by atomic mass is 28.3. The summed E-state index contributed by atoms with van der Waals surface area (Å²) in [7, 11) is 2.74. The Morgan fingerprint density at radius 2 is 1.67 bits per heavy atom. The third kappa shape index (κ3) is 3.73. The van der Waals surface area contributed by atoms with Crippen molar-refractivity contribution < 1.29 is 9.47 Å². The summed E-state index contributed by atoms with van der Waals surface area (Å²) in [5, 5.41) is 0. The van der Waals surface area contributed by atoms with Crippen LogP contribution in [0.5, 0.6) is 0 Å². The van der Waals surface area contributed by atoms with Gasteiger partial charge in [0.05, 0.1) is 13.2 Å². The summed E-state index contributed by atoms with van der Waals surface area (Å²) < 4.78 is 11.3. The van der Waals surface area contributed by atoms with Gasteiger partial charge in [-0.05, 0) is 36.5 Å². The Morgan fingerprint density at radius 3 is 2.19 bits per heavy atom.